The van der Waals surface area contributed by atoms with E-state index in [0.29, 0.717) is 13.2 Å². The molecule has 1 aromatic carbocycles. The molecule has 3 aromatic heterocycles. The van der Waals surface area contributed by atoms with Crippen molar-refractivity contribution in [2.24, 2.45) is 0 Å². The van der Waals surface area contributed by atoms with Gasteiger partial charge in [-0.25, -0.2) is 4.98 Å². The van der Waals surface area contributed by atoms with Crippen LogP contribution in [0.4, 0.5) is 0 Å². The van der Waals surface area contributed by atoms with Crippen LogP contribution in [-0.2, 0) is 17.9 Å². The summed E-state index contributed by atoms with van der Waals surface area (Å²) in [5, 5.41) is 5.05. The molecule has 0 saturated heterocycles. The van der Waals surface area contributed by atoms with Gasteiger partial charge >= 0.3 is 0 Å². The Kier molecular flexibility index (Phi) is 3.74. The van der Waals surface area contributed by atoms with Gasteiger partial charge < -0.3 is 13.8 Å². The number of aryl methyl sites for hydroxylation is 2. The first-order chi connectivity index (χ1) is 11.7. The molecule has 0 amide bonds. The fourth-order valence-corrected chi connectivity index (χ4v) is 2.92. The number of imidazole rings is 1. The Hall–Kier alpha value is -2.73. The van der Waals surface area contributed by atoms with E-state index in [9.17, 15) is 0 Å². The second kappa shape index (κ2) is 6.05. The third-order valence-electron chi connectivity index (χ3n) is 4.26. The molecule has 6 heteroatoms. The molecule has 0 aliphatic heterocycles. The predicted molar refractivity (Wildman–Crippen MR) is 90.7 cm³/mol. The maximum absolute atomic E-state index is 5.81. The van der Waals surface area contributed by atoms with E-state index in [4.69, 9.17) is 9.26 Å². The summed E-state index contributed by atoms with van der Waals surface area (Å²) < 4.78 is 13.1. The monoisotopic (exact) mass is 322 g/mol. The summed E-state index contributed by atoms with van der Waals surface area (Å²) in [7, 11) is 0. The number of nitrogens with zero attached hydrogens (tertiary/aromatic N) is 4. The van der Waals surface area contributed by atoms with E-state index < -0.39 is 0 Å². The van der Waals surface area contributed by atoms with Gasteiger partial charge in [0.25, 0.3) is 0 Å². The van der Waals surface area contributed by atoms with Crippen molar-refractivity contribution in [2.45, 2.75) is 27.0 Å². The average molecular weight is 322 g/mol. The molecular formula is C18H18N4O2. The number of aromatic nitrogens is 4. The van der Waals surface area contributed by atoms with Crippen molar-refractivity contribution in [1.29, 1.82) is 0 Å². The standard InChI is InChI=1S/C18H18N4O2/c1-12-15(13(2)24-21-12)10-23-8-7-22-11-20-17-9-19-16-6-4-3-5-14(16)18(17)22/h3-6,9,11H,7-8,10H2,1-2H3. The highest BCUT2D eigenvalue weighted by molar-refractivity contribution is 6.01. The number of hydrogen-bond donors (Lipinski definition) is 0. The van der Waals surface area contributed by atoms with Crippen LogP contribution in [0.3, 0.4) is 0 Å². The molecule has 24 heavy (non-hydrogen) atoms. The lowest BCUT2D eigenvalue weighted by atomic mass is 10.2. The minimum absolute atomic E-state index is 0.510. The van der Waals surface area contributed by atoms with E-state index in [1.807, 2.05) is 44.6 Å². The molecule has 0 atom stereocenters. The van der Waals surface area contributed by atoms with E-state index in [0.717, 1.165) is 45.5 Å². The molecule has 0 aliphatic carbocycles. The lowest BCUT2D eigenvalue weighted by Gasteiger charge is -2.07. The highest BCUT2D eigenvalue weighted by Crippen LogP contribution is 2.22. The molecule has 3 heterocycles. The van der Waals surface area contributed by atoms with Crippen molar-refractivity contribution in [3.63, 3.8) is 0 Å². The zero-order chi connectivity index (χ0) is 16.5. The molecule has 4 rings (SSSR count). The molecule has 122 valence electrons. The fraction of sp³-hybridized carbons (Fsp3) is 0.278. The zero-order valence-electron chi connectivity index (χ0n) is 13.7. The minimum atomic E-state index is 0.510. The van der Waals surface area contributed by atoms with Gasteiger partial charge in [0, 0.05) is 17.5 Å². The molecule has 0 spiro atoms. The zero-order valence-corrected chi connectivity index (χ0v) is 13.7. The number of para-hydroxylation sites is 1. The summed E-state index contributed by atoms with van der Waals surface area (Å²) in [5.41, 5.74) is 4.89. The molecule has 0 unspecified atom stereocenters. The average Bonchev–Trinajstić information content (AvgIpc) is 3.16. The van der Waals surface area contributed by atoms with Crippen molar-refractivity contribution in [2.75, 3.05) is 6.61 Å². The molecule has 0 bridgehead atoms. The summed E-state index contributed by atoms with van der Waals surface area (Å²) in [6.07, 6.45) is 3.66. The number of ether oxygens (including phenoxy) is 1. The van der Waals surface area contributed by atoms with Crippen LogP contribution in [0.25, 0.3) is 21.9 Å². The summed E-state index contributed by atoms with van der Waals surface area (Å²) in [6.45, 7) is 5.66. The Morgan fingerprint density at radius 1 is 1.12 bits per heavy atom. The van der Waals surface area contributed by atoms with Gasteiger partial charge in [-0.2, -0.15) is 0 Å². The van der Waals surface area contributed by atoms with Crippen LogP contribution in [0, 0.1) is 13.8 Å². The van der Waals surface area contributed by atoms with Crippen molar-refractivity contribution >= 4 is 21.9 Å². The molecule has 0 saturated carbocycles. The first-order valence-electron chi connectivity index (χ1n) is 7.92. The Balaban J connectivity index is 1.52. The van der Waals surface area contributed by atoms with Gasteiger partial charge in [-0.1, -0.05) is 23.4 Å². The minimum Gasteiger partial charge on any atom is -0.375 e. The van der Waals surface area contributed by atoms with Crippen LogP contribution in [0.1, 0.15) is 17.0 Å². The maximum Gasteiger partial charge on any atom is 0.139 e. The Morgan fingerprint density at radius 3 is 2.83 bits per heavy atom. The maximum atomic E-state index is 5.81. The number of fused-ring (bicyclic) bond motifs is 3. The molecule has 6 nitrogen and oxygen atoms in total. The lowest BCUT2D eigenvalue weighted by molar-refractivity contribution is 0.112. The lowest BCUT2D eigenvalue weighted by Crippen LogP contribution is -2.06. The quantitative estimate of drug-likeness (QED) is 0.527. The molecule has 0 aliphatic rings. The van der Waals surface area contributed by atoms with Crippen molar-refractivity contribution in [3.8, 4) is 0 Å². The van der Waals surface area contributed by atoms with Crippen molar-refractivity contribution in [1.82, 2.24) is 19.7 Å². The highest BCUT2D eigenvalue weighted by atomic mass is 16.5. The van der Waals surface area contributed by atoms with E-state index in [-0.39, 0.29) is 0 Å². The van der Waals surface area contributed by atoms with Gasteiger partial charge in [-0.15, -0.1) is 0 Å². The van der Waals surface area contributed by atoms with E-state index in [1.54, 1.807) is 0 Å². The van der Waals surface area contributed by atoms with Crippen LogP contribution < -0.4 is 0 Å². The van der Waals surface area contributed by atoms with Gasteiger partial charge in [-0.05, 0) is 19.9 Å². The molecular weight excluding hydrogens is 304 g/mol. The van der Waals surface area contributed by atoms with Gasteiger partial charge in [0.05, 0.1) is 42.5 Å². The van der Waals surface area contributed by atoms with Crippen LogP contribution in [0.15, 0.2) is 41.3 Å². The first kappa shape index (κ1) is 14.8. The molecule has 0 fully saturated rings. The fourth-order valence-electron chi connectivity index (χ4n) is 2.92. The summed E-state index contributed by atoms with van der Waals surface area (Å²) >= 11 is 0. The Morgan fingerprint density at radius 2 is 2.00 bits per heavy atom. The molecule has 0 radical (unpaired) electrons. The van der Waals surface area contributed by atoms with Crippen LogP contribution in [0.5, 0.6) is 0 Å². The smallest absolute Gasteiger partial charge is 0.139 e. The third-order valence-corrected chi connectivity index (χ3v) is 4.26. The van der Waals surface area contributed by atoms with E-state index in [2.05, 4.69) is 25.8 Å². The SMILES string of the molecule is Cc1noc(C)c1COCCn1cnc2cnc3ccccc3c21. The normalized spacial score (nSPS) is 11.6. The Bertz CT molecular complexity index is 983. The third kappa shape index (κ3) is 2.55. The second-order valence-electron chi connectivity index (χ2n) is 5.80. The van der Waals surface area contributed by atoms with Crippen LogP contribution >= 0.6 is 0 Å². The van der Waals surface area contributed by atoms with Crippen molar-refractivity contribution in [3.05, 3.63) is 53.8 Å². The molecule has 4 aromatic rings. The summed E-state index contributed by atoms with van der Waals surface area (Å²) in [5.74, 6) is 0.817. The van der Waals surface area contributed by atoms with E-state index >= 15 is 0 Å². The predicted octanol–water partition coefficient (Wildman–Crippen LogP) is 3.41. The summed E-state index contributed by atoms with van der Waals surface area (Å²) in [4.78, 5) is 8.89. The first-order valence-corrected chi connectivity index (χ1v) is 7.92. The van der Waals surface area contributed by atoms with E-state index in [1.165, 1.54) is 0 Å². The Labute approximate surface area is 139 Å². The van der Waals surface area contributed by atoms with Gasteiger partial charge in [-0.3, -0.25) is 4.98 Å². The second-order valence-corrected chi connectivity index (χ2v) is 5.80. The summed E-state index contributed by atoms with van der Waals surface area (Å²) in [6, 6.07) is 8.11. The largest absolute Gasteiger partial charge is 0.375 e. The van der Waals surface area contributed by atoms with Crippen LogP contribution in [0.2, 0.25) is 0 Å². The number of benzene rings is 1. The molecule has 0 N–H and O–H groups in total. The van der Waals surface area contributed by atoms with Crippen molar-refractivity contribution < 1.29 is 9.26 Å². The number of hydrogen-bond acceptors (Lipinski definition) is 5. The van der Waals surface area contributed by atoms with Gasteiger partial charge in [0.2, 0.25) is 0 Å². The van der Waals surface area contributed by atoms with Gasteiger partial charge in [0.1, 0.15) is 11.3 Å². The number of pyridine rings is 1. The number of rotatable bonds is 5. The van der Waals surface area contributed by atoms with Gasteiger partial charge in [0.15, 0.2) is 0 Å². The topological polar surface area (TPSA) is 66.0 Å². The highest BCUT2D eigenvalue weighted by Gasteiger charge is 2.10. The van der Waals surface area contributed by atoms with Crippen LogP contribution in [-0.4, -0.2) is 26.3 Å².